The molecule has 0 radical (unpaired) electrons. The SMILES string of the molecule is Cc1ccc(C#N)cc1C#CCCBr. The molecule has 70 valence electrons. The summed E-state index contributed by atoms with van der Waals surface area (Å²) in [5.41, 5.74) is 2.73. The Labute approximate surface area is 92.9 Å². The number of rotatable bonds is 1. The van der Waals surface area contributed by atoms with E-state index in [4.69, 9.17) is 5.26 Å². The third kappa shape index (κ3) is 2.91. The lowest BCUT2D eigenvalue weighted by Crippen LogP contribution is -1.84. The van der Waals surface area contributed by atoms with Gasteiger partial charge in [-0.25, -0.2) is 0 Å². The molecule has 0 aliphatic carbocycles. The molecule has 1 aromatic rings. The molecule has 14 heavy (non-hydrogen) atoms. The summed E-state index contributed by atoms with van der Waals surface area (Å²) in [4.78, 5) is 0. The molecule has 2 heteroatoms. The van der Waals surface area contributed by atoms with E-state index < -0.39 is 0 Å². The summed E-state index contributed by atoms with van der Waals surface area (Å²) < 4.78 is 0. The van der Waals surface area contributed by atoms with Crippen molar-refractivity contribution < 1.29 is 0 Å². The molecule has 0 unspecified atom stereocenters. The van der Waals surface area contributed by atoms with Crippen LogP contribution in [0.5, 0.6) is 0 Å². The summed E-state index contributed by atoms with van der Waals surface area (Å²) in [6, 6.07) is 7.68. The van der Waals surface area contributed by atoms with Crippen LogP contribution in [0.15, 0.2) is 18.2 Å². The van der Waals surface area contributed by atoms with Crippen LogP contribution in [0.25, 0.3) is 0 Å². The van der Waals surface area contributed by atoms with Gasteiger partial charge in [0.1, 0.15) is 0 Å². The first-order chi connectivity index (χ1) is 6.77. The lowest BCUT2D eigenvalue weighted by molar-refractivity contribution is 1.31. The molecule has 0 aliphatic heterocycles. The first-order valence-corrected chi connectivity index (χ1v) is 5.45. The van der Waals surface area contributed by atoms with Gasteiger partial charge < -0.3 is 0 Å². The van der Waals surface area contributed by atoms with Crippen LogP contribution in [0.2, 0.25) is 0 Å². The van der Waals surface area contributed by atoms with Crippen LogP contribution in [-0.4, -0.2) is 5.33 Å². The van der Waals surface area contributed by atoms with Crippen molar-refractivity contribution in [3.63, 3.8) is 0 Å². The van der Waals surface area contributed by atoms with E-state index in [1.54, 1.807) is 0 Å². The zero-order valence-electron chi connectivity index (χ0n) is 7.97. The van der Waals surface area contributed by atoms with Crippen LogP contribution in [0, 0.1) is 30.1 Å². The molecule has 0 aliphatic rings. The number of benzene rings is 1. The minimum Gasteiger partial charge on any atom is -0.192 e. The van der Waals surface area contributed by atoms with Gasteiger partial charge in [0.25, 0.3) is 0 Å². The first kappa shape index (κ1) is 10.8. The molecule has 1 nitrogen and oxygen atoms in total. The predicted molar refractivity (Wildman–Crippen MR) is 61.2 cm³/mol. The molecule has 1 rings (SSSR count). The highest BCUT2D eigenvalue weighted by molar-refractivity contribution is 9.09. The van der Waals surface area contributed by atoms with Gasteiger partial charge in [-0.3, -0.25) is 0 Å². The average molecular weight is 248 g/mol. The molecule has 0 saturated heterocycles. The van der Waals surface area contributed by atoms with E-state index in [9.17, 15) is 0 Å². The molecule has 0 spiro atoms. The standard InChI is InChI=1S/C12H10BrN/c1-10-5-6-11(9-14)8-12(10)4-2-3-7-13/h5-6,8H,3,7H2,1H3. The van der Waals surface area contributed by atoms with Crippen molar-refractivity contribution in [3.8, 4) is 17.9 Å². The second-order valence-corrected chi connectivity index (χ2v) is 3.68. The third-order valence-corrected chi connectivity index (χ3v) is 2.21. The van der Waals surface area contributed by atoms with E-state index in [0.29, 0.717) is 5.56 Å². The van der Waals surface area contributed by atoms with Crippen molar-refractivity contribution in [1.82, 2.24) is 0 Å². The molecule has 0 heterocycles. The fourth-order valence-electron chi connectivity index (χ4n) is 1.03. The highest BCUT2D eigenvalue weighted by atomic mass is 79.9. The number of halogens is 1. The Hall–Kier alpha value is -1.25. The Bertz CT molecular complexity index is 418. The van der Waals surface area contributed by atoms with E-state index in [0.717, 1.165) is 22.9 Å². The summed E-state index contributed by atoms with van der Waals surface area (Å²) in [6.45, 7) is 2.00. The van der Waals surface area contributed by atoms with Crippen molar-refractivity contribution in [2.24, 2.45) is 0 Å². The summed E-state index contributed by atoms with van der Waals surface area (Å²) >= 11 is 3.31. The van der Waals surface area contributed by atoms with Gasteiger partial charge in [-0.15, -0.1) is 0 Å². The Kier molecular flexibility index (Phi) is 4.23. The minimum absolute atomic E-state index is 0.666. The summed E-state index contributed by atoms with van der Waals surface area (Å²) in [5.74, 6) is 6.09. The lowest BCUT2D eigenvalue weighted by Gasteiger charge is -1.97. The van der Waals surface area contributed by atoms with Gasteiger partial charge in [-0.05, 0) is 24.6 Å². The third-order valence-electron chi connectivity index (χ3n) is 1.81. The number of hydrogen-bond acceptors (Lipinski definition) is 1. The van der Waals surface area contributed by atoms with Crippen LogP contribution >= 0.6 is 15.9 Å². The van der Waals surface area contributed by atoms with Gasteiger partial charge in [-0.2, -0.15) is 5.26 Å². The molecular formula is C12H10BrN. The number of alkyl halides is 1. The van der Waals surface area contributed by atoms with Gasteiger partial charge in [0.05, 0.1) is 11.6 Å². The molecular weight excluding hydrogens is 238 g/mol. The highest BCUT2D eigenvalue weighted by Crippen LogP contribution is 2.09. The fourth-order valence-corrected chi connectivity index (χ4v) is 1.23. The van der Waals surface area contributed by atoms with Crippen molar-refractivity contribution >= 4 is 15.9 Å². The Morgan fingerprint density at radius 3 is 2.86 bits per heavy atom. The molecule has 0 amide bonds. The molecule has 0 bridgehead atoms. The van der Waals surface area contributed by atoms with E-state index in [-0.39, 0.29) is 0 Å². The number of nitriles is 1. The lowest BCUT2D eigenvalue weighted by atomic mass is 10.1. The van der Waals surface area contributed by atoms with Gasteiger partial charge in [0.2, 0.25) is 0 Å². The Morgan fingerprint density at radius 2 is 2.21 bits per heavy atom. The van der Waals surface area contributed by atoms with E-state index in [2.05, 4.69) is 33.8 Å². The van der Waals surface area contributed by atoms with E-state index in [1.807, 2.05) is 25.1 Å². The van der Waals surface area contributed by atoms with Gasteiger partial charge in [0.15, 0.2) is 0 Å². The highest BCUT2D eigenvalue weighted by Gasteiger charge is 1.96. The molecule has 0 atom stereocenters. The number of aryl methyl sites for hydroxylation is 1. The van der Waals surface area contributed by atoms with Crippen LogP contribution in [-0.2, 0) is 0 Å². The van der Waals surface area contributed by atoms with Crippen molar-refractivity contribution in [1.29, 1.82) is 5.26 Å². The molecule has 0 N–H and O–H groups in total. The summed E-state index contributed by atoms with van der Waals surface area (Å²) in [7, 11) is 0. The zero-order valence-corrected chi connectivity index (χ0v) is 9.56. The Morgan fingerprint density at radius 1 is 1.43 bits per heavy atom. The quantitative estimate of drug-likeness (QED) is 0.553. The smallest absolute Gasteiger partial charge is 0.0992 e. The van der Waals surface area contributed by atoms with Crippen LogP contribution in [0.3, 0.4) is 0 Å². The predicted octanol–water partition coefficient (Wildman–Crippen LogP) is 3.00. The van der Waals surface area contributed by atoms with Gasteiger partial charge >= 0.3 is 0 Å². The zero-order chi connectivity index (χ0) is 10.4. The normalized spacial score (nSPS) is 8.64. The van der Waals surface area contributed by atoms with Gasteiger partial charge in [-0.1, -0.05) is 33.8 Å². The van der Waals surface area contributed by atoms with E-state index >= 15 is 0 Å². The maximum atomic E-state index is 8.72. The van der Waals surface area contributed by atoms with Gasteiger partial charge in [0, 0.05) is 17.3 Å². The maximum Gasteiger partial charge on any atom is 0.0992 e. The minimum atomic E-state index is 0.666. The average Bonchev–Trinajstić information content (AvgIpc) is 2.21. The fraction of sp³-hybridized carbons (Fsp3) is 0.250. The van der Waals surface area contributed by atoms with Crippen molar-refractivity contribution in [2.75, 3.05) is 5.33 Å². The number of nitrogens with zero attached hydrogens (tertiary/aromatic N) is 1. The molecule has 1 aromatic carbocycles. The number of hydrogen-bond donors (Lipinski definition) is 0. The van der Waals surface area contributed by atoms with Crippen molar-refractivity contribution in [2.45, 2.75) is 13.3 Å². The second-order valence-electron chi connectivity index (χ2n) is 2.88. The second kappa shape index (κ2) is 5.47. The maximum absolute atomic E-state index is 8.72. The summed E-state index contributed by atoms with van der Waals surface area (Å²) in [6.07, 6.45) is 0.830. The summed E-state index contributed by atoms with van der Waals surface area (Å²) in [5, 5.41) is 9.60. The largest absolute Gasteiger partial charge is 0.192 e. The monoisotopic (exact) mass is 247 g/mol. The van der Waals surface area contributed by atoms with E-state index in [1.165, 1.54) is 0 Å². The molecule has 0 saturated carbocycles. The Balaban J connectivity index is 2.98. The van der Waals surface area contributed by atoms with Crippen LogP contribution < -0.4 is 0 Å². The topological polar surface area (TPSA) is 23.8 Å². The van der Waals surface area contributed by atoms with Crippen LogP contribution in [0.4, 0.5) is 0 Å². The first-order valence-electron chi connectivity index (χ1n) is 4.33. The molecule has 0 aromatic heterocycles. The van der Waals surface area contributed by atoms with Crippen LogP contribution in [0.1, 0.15) is 23.1 Å². The van der Waals surface area contributed by atoms with Crippen molar-refractivity contribution in [3.05, 3.63) is 34.9 Å². The molecule has 0 fully saturated rings.